The van der Waals surface area contributed by atoms with Crippen molar-refractivity contribution in [3.63, 3.8) is 0 Å². The van der Waals surface area contributed by atoms with Gasteiger partial charge in [-0.2, -0.15) is 0 Å². The fourth-order valence-corrected chi connectivity index (χ4v) is 3.19. The monoisotopic (exact) mass is 381 g/mol. The van der Waals surface area contributed by atoms with Crippen molar-refractivity contribution in [3.8, 4) is 0 Å². The van der Waals surface area contributed by atoms with Gasteiger partial charge in [-0.1, -0.05) is 24.3 Å². The van der Waals surface area contributed by atoms with Crippen molar-refractivity contribution >= 4 is 32.9 Å². The predicted octanol–water partition coefficient (Wildman–Crippen LogP) is 2.92. The number of sulfone groups is 1. The molecule has 0 aliphatic heterocycles. The van der Waals surface area contributed by atoms with Gasteiger partial charge in [0.15, 0.2) is 9.84 Å². The Morgan fingerprint density at radius 1 is 1.07 bits per heavy atom. The van der Waals surface area contributed by atoms with E-state index in [4.69, 9.17) is 0 Å². The second-order valence-corrected chi connectivity index (χ2v) is 8.20. The van der Waals surface area contributed by atoms with Crippen molar-refractivity contribution in [1.82, 2.24) is 15.3 Å². The van der Waals surface area contributed by atoms with Crippen molar-refractivity contribution < 1.29 is 13.2 Å². The van der Waals surface area contributed by atoms with E-state index in [-0.39, 0.29) is 16.8 Å². The lowest BCUT2D eigenvalue weighted by atomic mass is 10.1. The van der Waals surface area contributed by atoms with Crippen LogP contribution in [-0.2, 0) is 14.6 Å². The lowest BCUT2D eigenvalue weighted by Crippen LogP contribution is -2.24. The molecule has 3 rings (SSSR count). The second kappa shape index (κ2) is 7.67. The third kappa shape index (κ3) is 4.77. The highest BCUT2D eigenvalue weighted by Gasteiger charge is 2.10. The van der Waals surface area contributed by atoms with Gasteiger partial charge in [-0.05, 0) is 42.8 Å². The first kappa shape index (κ1) is 18.7. The Hall–Kier alpha value is -3.06. The van der Waals surface area contributed by atoms with Crippen LogP contribution in [0.25, 0.3) is 17.1 Å². The third-order valence-electron chi connectivity index (χ3n) is 4.04. The van der Waals surface area contributed by atoms with Gasteiger partial charge in [0.05, 0.1) is 33.9 Å². The number of nitrogens with zero attached hydrogens (tertiary/aromatic N) is 2. The van der Waals surface area contributed by atoms with Gasteiger partial charge < -0.3 is 5.32 Å². The summed E-state index contributed by atoms with van der Waals surface area (Å²) in [4.78, 5) is 21.1. The molecule has 1 heterocycles. The van der Waals surface area contributed by atoms with Crippen LogP contribution in [-0.4, -0.2) is 30.5 Å². The van der Waals surface area contributed by atoms with E-state index in [9.17, 15) is 13.2 Å². The summed E-state index contributed by atoms with van der Waals surface area (Å²) in [7, 11) is -3.23. The lowest BCUT2D eigenvalue weighted by Gasteiger charge is -2.13. The summed E-state index contributed by atoms with van der Waals surface area (Å²) in [5, 5.41) is 2.84. The zero-order chi connectivity index (χ0) is 19.4. The minimum atomic E-state index is -3.23. The second-order valence-electron chi connectivity index (χ2n) is 6.19. The van der Waals surface area contributed by atoms with Crippen LogP contribution < -0.4 is 5.32 Å². The summed E-state index contributed by atoms with van der Waals surface area (Å²) in [5.74, 6) is -0.273. The molecule has 1 atom stereocenters. The molecule has 0 saturated carbocycles. The number of rotatable bonds is 5. The molecule has 7 heteroatoms. The van der Waals surface area contributed by atoms with Crippen LogP contribution in [0.3, 0.4) is 0 Å². The molecule has 0 bridgehead atoms. The van der Waals surface area contributed by atoms with E-state index in [1.165, 1.54) is 18.2 Å². The van der Waals surface area contributed by atoms with E-state index in [1.54, 1.807) is 24.4 Å². The van der Waals surface area contributed by atoms with Crippen LogP contribution in [0.15, 0.2) is 65.7 Å². The number of carbonyl (C=O) groups excluding carboxylic acids is 1. The van der Waals surface area contributed by atoms with Crippen LogP contribution in [0.5, 0.6) is 0 Å². The minimum absolute atomic E-state index is 0.250. The number of nitrogens with one attached hydrogen (secondary N) is 1. The quantitative estimate of drug-likeness (QED) is 0.687. The molecule has 1 N–H and O–H groups in total. The van der Waals surface area contributed by atoms with E-state index in [1.807, 2.05) is 31.2 Å². The Morgan fingerprint density at radius 3 is 2.41 bits per heavy atom. The number of carbonyl (C=O) groups is 1. The summed E-state index contributed by atoms with van der Waals surface area (Å²) in [6.07, 6.45) is 5.78. The van der Waals surface area contributed by atoms with Gasteiger partial charge in [-0.15, -0.1) is 0 Å². The minimum Gasteiger partial charge on any atom is -0.346 e. The molecule has 6 nitrogen and oxygen atoms in total. The van der Waals surface area contributed by atoms with E-state index < -0.39 is 9.84 Å². The molecular formula is C20H19N3O3S. The molecule has 0 fully saturated rings. The maximum absolute atomic E-state index is 12.1. The maximum Gasteiger partial charge on any atom is 0.244 e. The SMILES string of the molecule is CC(NC(=O)/C=C/c1cnc2ccccc2n1)c1ccc(S(C)(=O)=O)cc1. The van der Waals surface area contributed by atoms with Gasteiger partial charge in [0.2, 0.25) is 5.91 Å². The largest absolute Gasteiger partial charge is 0.346 e. The predicted molar refractivity (Wildman–Crippen MR) is 105 cm³/mol. The zero-order valence-corrected chi connectivity index (χ0v) is 15.8. The summed E-state index contributed by atoms with van der Waals surface area (Å²) < 4.78 is 23.0. The fourth-order valence-electron chi connectivity index (χ4n) is 2.56. The fraction of sp³-hybridized carbons (Fsp3) is 0.150. The van der Waals surface area contributed by atoms with Gasteiger partial charge in [0.1, 0.15) is 0 Å². The molecule has 1 unspecified atom stereocenters. The Kier molecular flexibility index (Phi) is 5.32. The number of hydrogen-bond acceptors (Lipinski definition) is 5. The number of aromatic nitrogens is 2. The Balaban J connectivity index is 1.66. The van der Waals surface area contributed by atoms with Gasteiger partial charge in [0.25, 0.3) is 0 Å². The summed E-state index contributed by atoms with van der Waals surface area (Å²) in [6.45, 7) is 1.83. The van der Waals surface area contributed by atoms with E-state index in [0.717, 1.165) is 22.9 Å². The van der Waals surface area contributed by atoms with Crippen LogP contribution in [0.4, 0.5) is 0 Å². The number of amides is 1. The molecule has 2 aromatic carbocycles. The molecule has 3 aromatic rings. The highest BCUT2D eigenvalue weighted by Crippen LogP contribution is 2.16. The number of para-hydroxylation sites is 2. The molecule has 0 saturated heterocycles. The maximum atomic E-state index is 12.1. The van der Waals surface area contributed by atoms with Crippen molar-refractivity contribution in [3.05, 3.63) is 72.1 Å². The average molecular weight is 381 g/mol. The molecule has 1 aromatic heterocycles. The molecular weight excluding hydrogens is 362 g/mol. The number of fused-ring (bicyclic) bond motifs is 1. The molecule has 1 amide bonds. The van der Waals surface area contributed by atoms with Crippen molar-refractivity contribution in [2.24, 2.45) is 0 Å². The first-order chi connectivity index (χ1) is 12.8. The first-order valence-electron chi connectivity index (χ1n) is 8.33. The number of benzene rings is 2. The van der Waals surface area contributed by atoms with E-state index in [2.05, 4.69) is 15.3 Å². The first-order valence-corrected chi connectivity index (χ1v) is 10.2. The van der Waals surface area contributed by atoms with Crippen LogP contribution >= 0.6 is 0 Å². The topological polar surface area (TPSA) is 89.0 Å². The lowest BCUT2D eigenvalue weighted by molar-refractivity contribution is -0.117. The smallest absolute Gasteiger partial charge is 0.244 e. The van der Waals surface area contributed by atoms with Crippen LogP contribution in [0.1, 0.15) is 24.2 Å². The van der Waals surface area contributed by atoms with Crippen molar-refractivity contribution in [1.29, 1.82) is 0 Å². The Bertz CT molecular complexity index is 1110. The highest BCUT2D eigenvalue weighted by atomic mass is 32.2. The molecule has 138 valence electrons. The van der Waals surface area contributed by atoms with Gasteiger partial charge in [-0.3, -0.25) is 9.78 Å². The number of hydrogen-bond donors (Lipinski definition) is 1. The highest BCUT2D eigenvalue weighted by molar-refractivity contribution is 7.90. The summed E-state index contributed by atoms with van der Waals surface area (Å²) >= 11 is 0. The standard InChI is InChI=1S/C20H19N3O3S/c1-14(15-7-10-17(11-8-15)27(2,25)26)22-20(24)12-9-16-13-21-18-5-3-4-6-19(18)23-16/h3-14H,1-2H3,(H,22,24)/b12-9+. The van der Waals surface area contributed by atoms with Gasteiger partial charge in [0, 0.05) is 12.3 Å². The molecule has 0 spiro atoms. The van der Waals surface area contributed by atoms with Crippen LogP contribution in [0, 0.1) is 0 Å². The van der Waals surface area contributed by atoms with Gasteiger partial charge >= 0.3 is 0 Å². The van der Waals surface area contributed by atoms with Crippen molar-refractivity contribution in [2.45, 2.75) is 17.9 Å². The third-order valence-corrected chi connectivity index (χ3v) is 5.17. The summed E-state index contributed by atoms with van der Waals surface area (Å²) in [5.41, 5.74) is 2.97. The Labute approximate surface area is 157 Å². The Morgan fingerprint density at radius 2 is 1.74 bits per heavy atom. The van der Waals surface area contributed by atoms with Crippen LogP contribution in [0.2, 0.25) is 0 Å². The normalized spacial score (nSPS) is 13.0. The molecule has 0 aliphatic rings. The zero-order valence-electron chi connectivity index (χ0n) is 15.0. The molecule has 0 radical (unpaired) electrons. The van der Waals surface area contributed by atoms with E-state index in [0.29, 0.717) is 5.69 Å². The van der Waals surface area contributed by atoms with Gasteiger partial charge in [-0.25, -0.2) is 13.4 Å². The van der Waals surface area contributed by atoms with E-state index >= 15 is 0 Å². The van der Waals surface area contributed by atoms with Crippen molar-refractivity contribution in [2.75, 3.05) is 6.26 Å². The molecule has 0 aliphatic carbocycles. The average Bonchev–Trinajstić information content (AvgIpc) is 2.65. The molecule has 27 heavy (non-hydrogen) atoms. The summed E-state index contributed by atoms with van der Waals surface area (Å²) in [6, 6.07) is 13.7.